The second-order valence-corrected chi connectivity index (χ2v) is 6.86. The molecule has 1 aliphatic carbocycles. The number of carbonyl (C=O) groups is 1. The van der Waals surface area contributed by atoms with Crippen LogP contribution >= 0.6 is 0 Å². The predicted octanol–water partition coefficient (Wildman–Crippen LogP) is 3.30. The summed E-state index contributed by atoms with van der Waals surface area (Å²) < 4.78 is 1.84. The van der Waals surface area contributed by atoms with Crippen LogP contribution in [0.4, 0.5) is 5.82 Å². The fourth-order valence-corrected chi connectivity index (χ4v) is 2.52. The molecule has 2 atom stereocenters. The molecule has 128 valence electrons. The SMILES string of the molecule is C/C=C\C(N[C@H]1CCC#CC1=O)n1nc(C(C)(C)C)cc1/N=C\C. The van der Waals surface area contributed by atoms with Gasteiger partial charge in [0, 0.05) is 24.1 Å². The molecule has 0 aromatic carbocycles. The summed E-state index contributed by atoms with van der Waals surface area (Å²) >= 11 is 0. The first-order valence-electron chi connectivity index (χ1n) is 8.37. The maximum atomic E-state index is 12.0. The smallest absolute Gasteiger partial charge is 0.222 e. The largest absolute Gasteiger partial charge is 0.283 e. The van der Waals surface area contributed by atoms with Crippen molar-refractivity contribution in [2.24, 2.45) is 4.99 Å². The van der Waals surface area contributed by atoms with Crippen molar-refractivity contribution in [3.8, 4) is 11.8 Å². The Morgan fingerprint density at radius 3 is 2.79 bits per heavy atom. The van der Waals surface area contributed by atoms with E-state index in [1.807, 2.05) is 36.7 Å². The topological polar surface area (TPSA) is 59.3 Å². The molecule has 1 aromatic heterocycles. The van der Waals surface area contributed by atoms with Gasteiger partial charge in [-0.15, -0.1) is 0 Å². The second kappa shape index (κ2) is 7.59. The zero-order valence-corrected chi connectivity index (χ0v) is 15.1. The number of rotatable bonds is 5. The second-order valence-electron chi connectivity index (χ2n) is 6.86. The van der Waals surface area contributed by atoms with Gasteiger partial charge in [-0.05, 0) is 32.3 Å². The molecule has 5 heteroatoms. The highest BCUT2D eigenvalue weighted by Gasteiger charge is 2.26. The average molecular weight is 326 g/mol. The third-order valence-corrected chi connectivity index (χ3v) is 3.84. The van der Waals surface area contributed by atoms with Crippen LogP contribution < -0.4 is 5.32 Å². The Balaban J connectivity index is 2.38. The predicted molar refractivity (Wildman–Crippen MR) is 97.5 cm³/mol. The summed E-state index contributed by atoms with van der Waals surface area (Å²) in [6, 6.07) is 1.73. The Morgan fingerprint density at radius 1 is 1.46 bits per heavy atom. The summed E-state index contributed by atoms with van der Waals surface area (Å²) in [5, 5.41) is 8.13. The maximum Gasteiger partial charge on any atom is 0.222 e. The molecule has 1 N–H and O–H groups in total. The first kappa shape index (κ1) is 18.2. The molecule has 1 aromatic rings. The Labute approximate surface area is 144 Å². The third kappa shape index (κ3) is 4.21. The lowest BCUT2D eigenvalue weighted by Crippen LogP contribution is -2.41. The van der Waals surface area contributed by atoms with Gasteiger partial charge in [0.25, 0.3) is 0 Å². The lowest BCUT2D eigenvalue weighted by atomic mass is 9.92. The molecule has 0 radical (unpaired) electrons. The molecule has 1 aliphatic rings. The van der Waals surface area contributed by atoms with Crippen LogP contribution in [0.2, 0.25) is 0 Å². The molecule has 2 rings (SSSR count). The Kier molecular flexibility index (Phi) is 5.74. The van der Waals surface area contributed by atoms with Crippen molar-refractivity contribution in [2.45, 2.75) is 65.1 Å². The molecule has 5 nitrogen and oxygen atoms in total. The number of carbonyl (C=O) groups excluding carboxylic acids is 1. The van der Waals surface area contributed by atoms with Crippen molar-refractivity contribution < 1.29 is 4.79 Å². The molecule has 0 spiro atoms. The van der Waals surface area contributed by atoms with Gasteiger partial charge in [-0.2, -0.15) is 5.10 Å². The van der Waals surface area contributed by atoms with Crippen LogP contribution in [-0.4, -0.2) is 27.8 Å². The number of allylic oxidation sites excluding steroid dienone is 1. The van der Waals surface area contributed by atoms with Gasteiger partial charge in [-0.1, -0.05) is 32.8 Å². The zero-order chi connectivity index (χ0) is 17.7. The van der Waals surface area contributed by atoms with E-state index in [0.717, 1.165) is 24.4 Å². The highest BCUT2D eigenvalue weighted by atomic mass is 16.1. The molecule has 1 unspecified atom stereocenters. The van der Waals surface area contributed by atoms with Crippen LogP contribution in [-0.2, 0) is 10.2 Å². The summed E-state index contributed by atoms with van der Waals surface area (Å²) in [4.78, 5) is 16.5. The van der Waals surface area contributed by atoms with Gasteiger partial charge < -0.3 is 0 Å². The standard InChI is InChI=1S/C19H26N4O/c1-6-10-17(21-14-11-8-9-12-15(14)24)23-18(20-7-2)13-16(22-23)19(3,4)5/h6-7,10,13-14,17,21H,8,11H2,1-5H3/b10-6-,20-7-/t14-,17?/m0/s1. The number of ketones is 1. The number of Topliss-reactive ketones (excluding diaryl/α,β-unsaturated/α-hetero) is 1. The monoisotopic (exact) mass is 326 g/mol. The lowest BCUT2D eigenvalue weighted by Gasteiger charge is -2.23. The zero-order valence-electron chi connectivity index (χ0n) is 15.1. The van der Waals surface area contributed by atoms with E-state index >= 15 is 0 Å². The van der Waals surface area contributed by atoms with Gasteiger partial charge in [-0.25, -0.2) is 9.67 Å². The fourth-order valence-electron chi connectivity index (χ4n) is 2.52. The highest BCUT2D eigenvalue weighted by Crippen LogP contribution is 2.28. The van der Waals surface area contributed by atoms with Crippen LogP contribution in [0.1, 0.15) is 59.3 Å². The summed E-state index contributed by atoms with van der Waals surface area (Å²) in [6.07, 6.45) is 6.92. The van der Waals surface area contributed by atoms with Gasteiger partial charge in [0.1, 0.15) is 6.17 Å². The number of aromatic nitrogens is 2. The summed E-state index contributed by atoms with van der Waals surface area (Å²) in [6.45, 7) is 10.2. The fraction of sp³-hybridized carbons (Fsp3) is 0.526. The quantitative estimate of drug-likeness (QED) is 0.391. The molecule has 0 amide bonds. The first-order valence-corrected chi connectivity index (χ1v) is 8.37. The molecule has 0 fully saturated rings. The van der Waals surface area contributed by atoms with E-state index in [0.29, 0.717) is 0 Å². The van der Waals surface area contributed by atoms with Crippen molar-refractivity contribution in [2.75, 3.05) is 0 Å². The lowest BCUT2D eigenvalue weighted by molar-refractivity contribution is -0.116. The Hall–Kier alpha value is -2.19. The van der Waals surface area contributed by atoms with Crippen molar-refractivity contribution >= 4 is 17.8 Å². The highest BCUT2D eigenvalue weighted by molar-refractivity contribution is 6.00. The Morgan fingerprint density at radius 2 is 2.21 bits per heavy atom. The van der Waals surface area contributed by atoms with E-state index in [1.54, 1.807) is 6.21 Å². The summed E-state index contributed by atoms with van der Waals surface area (Å²) in [5.41, 5.74) is 0.893. The van der Waals surface area contributed by atoms with Gasteiger partial charge >= 0.3 is 0 Å². The van der Waals surface area contributed by atoms with Crippen LogP contribution in [0, 0.1) is 11.8 Å². The minimum Gasteiger partial charge on any atom is -0.283 e. The van der Waals surface area contributed by atoms with Crippen molar-refractivity contribution in [3.05, 3.63) is 23.9 Å². The molecule has 0 saturated heterocycles. The number of nitrogens with one attached hydrogen (secondary N) is 1. The van der Waals surface area contributed by atoms with Gasteiger partial charge in [0.15, 0.2) is 5.82 Å². The van der Waals surface area contributed by atoms with Crippen LogP contribution in [0.5, 0.6) is 0 Å². The van der Waals surface area contributed by atoms with Crippen LogP contribution in [0.3, 0.4) is 0 Å². The van der Waals surface area contributed by atoms with Gasteiger partial charge in [0.05, 0.1) is 11.7 Å². The summed E-state index contributed by atoms with van der Waals surface area (Å²) in [7, 11) is 0. The molecule has 1 heterocycles. The number of hydrogen-bond donors (Lipinski definition) is 1. The molecule has 24 heavy (non-hydrogen) atoms. The van der Waals surface area contributed by atoms with Gasteiger partial charge in [0.2, 0.25) is 5.78 Å². The van der Waals surface area contributed by atoms with Crippen LogP contribution in [0.15, 0.2) is 23.2 Å². The van der Waals surface area contributed by atoms with Crippen molar-refractivity contribution in [3.63, 3.8) is 0 Å². The van der Waals surface area contributed by atoms with E-state index in [4.69, 9.17) is 5.10 Å². The molecule has 0 bridgehead atoms. The molecular formula is C19H26N4O. The van der Waals surface area contributed by atoms with E-state index in [1.165, 1.54) is 0 Å². The number of aliphatic imine (C=N–C) groups is 1. The normalized spacial score (nSPS) is 19.7. The van der Waals surface area contributed by atoms with E-state index in [2.05, 4.69) is 42.9 Å². The Bertz CT molecular complexity index is 710. The van der Waals surface area contributed by atoms with E-state index in [-0.39, 0.29) is 23.4 Å². The van der Waals surface area contributed by atoms with E-state index in [9.17, 15) is 4.79 Å². The number of hydrogen-bond acceptors (Lipinski definition) is 4. The molecule has 0 saturated carbocycles. The molecule has 0 aliphatic heterocycles. The van der Waals surface area contributed by atoms with Crippen LogP contribution in [0.25, 0.3) is 0 Å². The van der Waals surface area contributed by atoms with Crippen molar-refractivity contribution in [1.29, 1.82) is 0 Å². The summed E-state index contributed by atoms with van der Waals surface area (Å²) in [5.74, 6) is 6.24. The number of nitrogens with zero attached hydrogens (tertiary/aromatic N) is 3. The minimum atomic E-state index is -0.270. The van der Waals surface area contributed by atoms with E-state index < -0.39 is 0 Å². The van der Waals surface area contributed by atoms with Gasteiger partial charge in [-0.3, -0.25) is 10.1 Å². The first-order chi connectivity index (χ1) is 11.4. The minimum absolute atomic E-state index is 0.0560. The van der Waals surface area contributed by atoms with Crippen molar-refractivity contribution in [1.82, 2.24) is 15.1 Å². The maximum absolute atomic E-state index is 12.0. The average Bonchev–Trinajstić information content (AvgIpc) is 2.93. The third-order valence-electron chi connectivity index (χ3n) is 3.84. The molecular weight excluding hydrogens is 300 g/mol.